The molecule has 0 fully saturated rings. The molecule has 20 heavy (non-hydrogen) atoms. The van der Waals surface area contributed by atoms with Crippen molar-refractivity contribution in [3.63, 3.8) is 0 Å². The van der Waals surface area contributed by atoms with Crippen LogP contribution in [0.1, 0.15) is 44.0 Å². The largest absolute Gasteiger partial charge is 0.477 e. The number of hydrogen-bond donors (Lipinski definition) is 1. The third-order valence-corrected chi connectivity index (χ3v) is 2.90. The summed E-state index contributed by atoms with van der Waals surface area (Å²) in [6, 6.07) is 4.08. The highest BCUT2D eigenvalue weighted by atomic mass is 19.1. The monoisotopic (exact) mass is 281 g/mol. The number of carbonyl (C=O) groups is 2. The third kappa shape index (κ3) is 4.33. The molecule has 2 unspecified atom stereocenters. The Balaban J connectivity index is 2.73. The van der Waals surface area contributed by atoms with Crippen LogP contribution in [0.15, 0.2) is 18.2 Å². The molecule has 5 heteroatoms. The van der Waals surface area contributed by atoms with Crippen molar-refractivity contribution in [2.75, 3.05) is 0 Å². The van der Waals surface area contributed by atoms with E-state index in [2.05, 4.69) is 5.32 Å². The highest BCUT2D eigenvalue weighted by Crippen LogP contribution is 2.22. The average molecular weight is 281 g/mol. The van der Waals surface area contributed by atoms with Gasteiger partial charge < -0.3 is 10.1 Å². The van der Waals surface area contributed by atoms with Crippen molar-refractivity contribution in [3.05, 3.63) is 29.6 Å². The van der Waals surface area contributed by atoms with Crippen LogP contribution in [0.2, 0.25) is 0 Å². The maximum atomic E-state index is 13.6. The minimum Gasteiger partial charge on any atom is -0.477 e. The fourth-order valence-corrected chi connectivity index (χ4v) is 1.84. The minimum absolute atomic E-state index is 0.0321. The van der Waals surface area contributed by atoms with Gasteiger partial charge in [0.2, 0.25) is 0 Å². The molecule has 1 aromatic rings. The van der Waals surface area contributed by atoms with E-state index in [0.29, 0.717) is 6.29 Å². The lowest BCUT2D eigenvalue weighted by Crippen LogP contribution is -2.41. The van der Waals surface area contributed by atoms with Crippen LogP contribution in [0.4, 0.5) is 4.39 Å². The van der Waals surface area contributed by atoms with Crippen LogP contribution in [0.5, 0.6) is 5.75 Å². The summed E-state index contributed by atoms with van der Waals surface area (Å²) in [5.41, 5.74) is 0.0891. The van der Waals surface area contributed by atoms with Gasteiger partial charge in [-0.15, -0.1) is 0 Å². The molecule has 0 saturated heterocycles. The molecule has 110 valence electrons. The molecular formula is C15H20FNO3. The van der Waals surface area contributed by atoms with Gasteiger partial charge in [0, 0.05) is 6.04 Å². The number of benzene rings is 1. The van der Waals surface area contributed by atoms with E-state index in [1.54, 1.807) is 0 Å². The van der Waals surface area contributed by atoms with Gasteiger partial charge in [-0.05, 0) is 32.4 Å². The normalized spacial score (nSPS) is 13.4. The maximum absolute atomic E-state index is 13.6. The van der Waals surface area contributed by atoms with E-state index in [4.69, 9.17) is 4.74 Å². The summed E-state index contributed by atoms with van der Waals surface area (Å²) in [6.45, 7) is 5.45. The van der Waals surface area contributed by atoms with E-state index in [1.165, 1.54) is 25.1 Å². The van der Waals surface area contributed by atoms with Crippen LogP contribution < -0.4 is 10.1 Å². The Morgan fingerprint density at radius 3 is 2.75 bits per heavy atom. The lowest BCUT2D eigenvalue weighted by molar-refractivity contribution is -0.128. The molecule has 0 aliphatic rings. The molecule has 0 saturated carbocycles. The number of nitrogens with one attached hydrogen (secondary N) is 1. The zero-order valence-corrected chi connectivity index (χ0v) is 12.0. The van der Waals surface area contributed by atoms with Crippen molar-refractivity contribution < 1.29 is 18.7 Å². The number of rotatable bonds is 7. The highest BCUT2D eigenvalue weighted by molar-refractivity contribution is 5.82. The molecule has 0 bridgehead atoms. The van der Waals surface area contributed by atoms with Crippen molar-refractivity contribution in [3.8, 4) is 5.75 Å². The number of halogens is 1. The van der Waals surface area contributed by atoms with Gasteiger partial charge in [0.1, 0.15) is 0 Å². The Bertz CT molecular complexity index is 476. The van der Waals surface area contributed by atoms with Crippen LogP contribution in [-0.2, 0) is 4.79 Å². The fourth-order valence-electron chi connectivity index (χ4n) is 1.84. The molecule has 1 rings (SSSR count). The van der Waals surface area contributed by atoms with E-state index >= 15 is 0 Å². The van der Waals surface area contributed by atoms with Crippen LogP contribution in [0, 0.1) is 5.82 Å². The topological polar surface area (TPSA) is 55.4 Å². The van der Waals surface area contributed by atoms with Crippen molar-refractivity contribution in [2.24, 2.45) is 0 Å². The van der Waals surface area contributed by atoms with Gasteiger partial charge >= 0.3 is 0 Å². The minimum atomic E-state index is -0.870. The van der Waals surface area contributed by atoms with Crippen molar-refractivity contribution >= 4 is 12.2 Å². The Labute approximate surface area is 118 Å². The number of carbonyl (C=O) groups excluding carboxylic acids is 2. The molecule has 2 atom stereocenters. The average Bonchev–Trinajstić information content (AvgIpc) is 2.41. The van der Waals surface area contributed by atoms with Crippen molar-refractivity contribution in [1.29, 1.82) is 0 Å². The molecule has 1 amide bonds. The molecule has 1 N–H and O–H groups in total. The van der Waals surface area contributed by atoms with Gasteiger partial charge in [0.25, 0.3) is 5.91 Å². The van der Waals surface area contributed by atoms with E-state index < -0.39 is 11.9 Å². The summed E-state index contributed by atoms with van der Waals surface area (Å²) in [4.78, 5) is 22.7. The van der Waals surface area contributed by atoms with Crippen molar-refractivity contribution in [2.45, 2.75) is 45.8 Å². The van der Waals surface area contributed by atoms with E-state index in [1.807, 2.05) is 13.8 Å². The van der Waals surface area contributed by atoms with Gasteiger partial charge in [-0.3, -0.25) is 9.59 Å². The van der Waals surface area contributed by atoms with E-state index in [-0.39, 0.29) is 23.3 Å². The van der Waals surface area contributed by atoms with Crippen LogP contribution >= 0.6 is 0 Å². The summed E-state index contributed by atoms with van der Waals surface area (Å²) in [7, 11) is 0. The summed E-state index contributed by atoms with van der Waals surface area (Å²) < 4.78 is 18.9. The zero-order valence-electron chi connectivity index (χ0n) is 12.0. The lowest BCUT2D eigenvalue weighted by Gasteiger charge is -2.19. The fraction of sp³-hybridized carbons (Fsp3) is 0.467. The molecule has 1 aromatic carbocycles. The molecule has 0 heterocycles. The first-order valence-electron chi connectivity index (χ1n) is 6.70. The predicted octanol–water partition coefficient (Wildman–Crippen LogP) is 2.71. The zero-order chi connectivity index (χ0) is 15.1. The summed E-state index contributed by atoms with van der Waals surface area (Å²) in [5.74, 6) is -1.17. The Morgan fingerprint density at radius 2 is 2.15 bits per heavy atom. The van der Waals surface area contributed by atoms with Crippen LogP contribution in [-0.4, -0.2) is 24.3 Å². The Kier molecular flexibility index (Phi) is 6.15. The number of aldehydes is 1. The second-order valence-electron chi connectivity index (χ2n) is 4.73. The first-order chi connectivity index (χ1) is 9.49. The maximum Gasteiger partial charge on any atom is 0.260 e. The van der Waals surface area contributed by atoms with E-state index in [0.717, 1.165) is 12.8 Å². The predicted molar refractivity (Wildman–Crippen MR) is 74.4 cm³/mol. The second kappa shape index (κ2) is 7.62. The smallest absolute Gasteiger partial charge is 0.260 e. The summed E-state index contributed by atoms with van der Waals surface area (Å²) in [6.07, 6.45) is 1.45. The molecule has 0 aliphatic carbocycles. The second-order valence-corrected chi connectivity index (χ2v) is 4.73. The summed E-state index contributed by atoms with van der Waals surface area (Å²) >= 11 is 0. The lowest BCUT2D eigenvalue weighted by atomic mass is 10.2. The number of hydrogen-bond acceptors (Lipinski definition) is 3. The number of para-hydroxylation sites is 1. The van der Waals surface area contributed by atoms with Gasteiger partial charge in [-0.25, -0.2) is 4.39 Å². The molecular weight excluding hydrogens is 261 g/mol. The van der Waals surface area contributed by atoms with Gasteiger partial charge in [-0.2, -0.15) is 0 Å². The molecule has 0 aliphatic heterocycles. The Hall–Kier alpha value is -1.91. The van der Waals surface area contributed by atoms with E-state index in [9.17, 15) is 14.0 Å². The third-order valence-electron chi connectivity index (χ3n) is 2.90. The van der Waals surface area contributed by atoms with Crippen LogP contribution in [0.25, 0.3) is 0 Å². The molecule has 0 spiro atoms. The van der Waals surface area contributed by atoms with Gasteiger partial charge in [0.15, 0.2) is 24.0 Å². The SMILES string of the molecule is CCCC(C)NC(=O)C(C)Oc1c(F)cccc1C=O. The molecule has 0 aromatic heterocycles. The molecule has 0 radical (unpaired) electrons. The first kappa shape index (κ1) is 16.1. The van der Waals surface area contributed by atoms with Gasteiger partial charge in [-0.1, -0.05) is 19.4 Å². The van der Waals surface area contributed by atoms with Gasteiger partial charge in [0.05, 0.1) is 5.56 Å². The number of amides is 1. The Morgan fingerprint density at radius 1 is 1.45 bits per heavy atom. The molecule has 4 nitrogen and oxygen atoms in total. The number of ether oxygens (including phenoxy) is 1. The summed E-state index contributed by atoms with van der Waals surface area (Å²) in [5, 5.41) is 2.78. The highest BCUT2D eigenvalue weighted by Gasteiger charge is 2.20. The quantitative estimate of drug-likeness (QED) is 0.782. The van der Waals surface area contributed by atoms with Crippen LogP contribution in [0.3, 0.4) is 0 Å². The standard InChI is InChI=1S/C15H20FNO3/c1-4-6-10(2)17-15(19)11(3)20-14-12(9-18)7-5-8-13(14)16/h5,7-11H,4,6H2,1-3H3,(H,17,19). The van der Waals surface area contributed by atoms with Crippen molar-refractivity contribution in [1.82, 2.24) is 5.32 Å². The first-order valence-corrected chi connectivity index (χ1v) is 6.70.